The van der Waals surface area contributed by atoms with E-state index in [0.29, 0.717) is 41.7 Å². The Morgan fingerprint density at radius 2 is 2.09 bits per heavy atom. The summed E-state index contributed by atoms with van der Waals surface area (Å²) in [5.41, 5.74) is 1.15. The predicted octanol–water partition coefficient (Wildman–Crippen LogP) is 2.18. The van der Waals surface area contributed by atoms with Gasteiger partial charge in [-0.3, -0.25) is 4.79 Å². The molecule has 0 saturated carbocycles. The summed E-state index contributed by atoms with van der Waals surface area (Å²) in [6.45, 7) is 1.69. The fourth-order valence-electron chi connectivity index (χ4n) is 2.59. The van der Waals surface area contributed by atoms with Crippen LogP contribution in [0, 0.1) is 5.82 Å². The largest absolute Gasteiger partial charge is 0.336 e. The normalized spacial score (nSPS) is 13.9. The number of carbonyl (C=O) groups excluding carboxylic acids is 1. The smallest absolute Gasteiger partial charge is 0.210 e. The first kappa shape index (κ1) is 14.0. The number of thiazole rings is 1. The Hall–Kier alpha value is -2.61. The van der Waals surface area contributed by atoms with Crippen LogP contribution >= 0.6 is 11.3 Å². The molecule has 0 radical (unpaired) electrons. The van der Waals surface area contributed by atoms with E-state index in [-0.39, 0.29) is 5.82 Å². The van der Waals surface area contributed by atoms with Gasteiger partial charge in [-0.15, -0.1) is 21.5 Å². The predicted molar refractivity (Wildman–Crippen MR) is 83.0 cm³/mol. The van der Waals surface area contributed by atoms with Crippen molar-refractivity contribution in [2.45, 2.75) is 13.1 Å². The zero-order valence-corrected chi connectivity index (χ0v) is 12.8. The van der Waals surface area contributed by atoms with Crippen molar-refractivity contribution in [1.29, 1.82) is 0 Å². The van der Waals surface area contributed by atoms with E-state index in [4.69, 9.17) is 0 Å². The number of hydrogen-bond donors (Lipinski definition) is 0. The minimum absolute atomic E-state index is 0.293. The van der Waals surface area contributed by atoms with E-state index in [2.05, 4.69) is 15.2 Å². The number of rotatable bonds is 3. The number of benzene rings is 1. The van der Waals surface area contributed by atoms with Gasteiger partial charge in [0.25, 0.3) is 0 Å². The fourth-order valence-corrected chi connectivity index (χ4v) is 3.42. The van der Waals surface area contributed by atoms with Gasteiger partial charge in [0.15, 0.2) is 11.6 Å². The number of aromatic nitrogens is 4. The maximum atomic E-state index is 13.9. The summed E-state index contributed by atoms with van der Waals surface area (Å²) in [6.07, 6.45) is 0.816. The highest BCUT2D eigenvalue weighted by Gasteiger charge is 2.22. The van der Waals surface area contributed by atoms with Crippen LogP contribution in [-0.2, 0) is 17.9 Å². The molecule has 23 heavy (non-hydrogen) atoms. The van der Waals surface area contributed by atoms with Crippen molar-refractivity contribution in [2.24, 2.45) is 0 Å². The van der Waals surface area contributed by atoms with Crippen molar-refractivity contribution < 1.29 is 9.18 Å². The number of nitrogens with zero attached hydrogens (tertiary/aromatic N) is 5. The molecular weight excluding hydrogens is 317 g/mol. The van der Waals surface area contributed by atoms with Crippen LogP contribution in [0.5, 0.6) is 0 Å². The van der Waals surface area contributed by atoms with Crippen molar-refractivity contribution in [3.05, 3.63) is 41.3 Å². The van der Waals surface area contributed by atoms with E-state index >= 15 is 0 Å². The van der Waals surface area contributed by atoms with E-state index in [1.54, 1.807) is 23.1 Å². The maximum Gasteiger partial charge on any atom is 0.210 e. The van der Waals surface area contributed by atoms with Crippen LogP contribution in [0.1, 0.15) is 5.82 Å². The third kappa shape index (κ3) is 2.40. The third-order valence-corrected chi connectivity index (χ3v) is 4.64. The van der Waals surface area contributed by atoms with Gasteiger partial charge in [-0.1, -0.05) is 12.1 Å². The lowest BCUT2D eigenvalue weighted by atomic mass is 10.2. The molecule has 0 fully saturated rings. The number of halogens is 1. The molecule has 0 bridgehead atoms. The van der Waals surface area contributed by atoms with Gasteiger partial charge in [0.2, 0.25) is 6.41 Å². The first-order valence-electron chi connectivity index (χ1n) is 7.08. The molecule has 1 amide bonds. The van der Waals surface area contributed by atoms with E-state index < -0.39 is 0 Å². The van der Waals surface area contributed by atoms with Gasteiger partial charge in [-0.2, -0.15) is 0 Å². The van der Waals surface area contributed by atoms with Crippen LogP contribution < -0.4 is 0 Å². The van der Waals surface area contributed by atoms with Crippen molar-refractivity contribution in [1.82, 2.24) is 24.6 Å². The standard InChI is InChI=1S/C15H12FN5OS/c16-11-4-2-1-3-10(11)15-17-12(8-23-15)14-19-18-13-7-20(9-22)5-6-21(13)14/h1-4,8-9H,5-7H2. The second kappa shape index (κ2) is 5.54. The Labute approximate surface area is 135 Å². The summed E-state index contributed by atoms with van der Waals surface area (Å²) in [4.78, 5) is 17.0. The van der Waals surface area contributed by atoms with Gasteiger partial charge in [-0.05, 0) is 12.1 Å². The first-order valence-corrected chi connectivity index (χ1v) is 7.96. The van der Waals surface area contributed by atoms with Crippen LogP contribution in [0.25, 0.3) is 22.1 Å². The molecule has 1 aliphatic rings. The molecule has 2 aromatic heterocycles. The molecule has 0 atom stereocenters. The molecule has 3 heterocycles. The van der Waals surface area contributed by atoms with Crippen LogP contribution in [0.4, 0.5) is 4.39 Å². The molecule has 0 unspecified atom stereocenters. The van der Waals surface area contributed by atoms with Crippen LogP contribution in [-0.4, -0.2) is 37.6 Å². The summed E-state index contributed by atoms with van der Waals surface area (Å²) in [5, 5.41) is 10.8. The van der Waals surface area contributed by atoms with Gasteiger partial charge in [0, 0.05) is 24.0 Å². The highest BCUT2D eigenvalue weighted by atomic mass is 32.1. The summed E-state index contributed by atoms with van der Waals surface area (Å²) < 4.78 is 15.8. The van der Waals surface area contributed by atoms with Crippen LogP contribution in [0.15, 0.2) is 29.6 Å². The molecule has 0 spiro atoms. The van der Waals surface area contributed by atoms with Crippen molar-refractivity contribution >= 4 is 17.7 Å². The van der Waals surface area contributed by atoms with Gasteiger partial charge >= 0.3 is 0 Å². The molecule has 1 aliphatic heterocycles. The Bertz CT molecular complexity index is 874. The Kier molecular flexibility index (Phi) is 3.38. The molecular formula is C15H12FN5OS. The maximum absolute atomic E-state index is 13.9. The molecule has 0 aliphatic carbocycles. The second-order valence-electron chi connectivity index (χ2n) is 5.19. The first-order chi connectivity index (χ1) is 11.3. The van der Waals surface area contributed by atoms with E-state index in [9.17, 15) is 9.18 Å². The summed E-state index contributed by atoms with van der Waals surface area (Å²) >= 11 is 1.37. The van der Waals surface area contributed by atoms with Gasteiger partial charge in [-0.25, -0.2) is 9.37 Å². The van der Waals surface area contributed by atoms with Crippen molar-refractivity contribution in [3.8, 4) is 22.1 Å². The minimum atomic E-state index is -0.293. The molecule has 0 N–H and O–H groups in total. The lowest BCUT2D eigenvalue weighted by molar-refractivity contribution is -0.119. The SMILES string of the molecule is O=CN1CCn2c(nnc2-c2csc(-c3ccccc3F)n2)C1. The van der Waals surface area contributed by atoms with Crippen LogP contribution in [0.3, 0.4) is 0 Å². The van der Waals surface area contributed by atoms with Crippen molar-refractivity contribution in [2.75, 3.05) is 6.54 Å². The number of fused-ring (bicyclic) bond motifs is 1. The Morgan fingerprint density at radius 1 is 1.22 bits per heavy atom. The van der Waals surface area contributed by atoms with E-state index in [1.807, 2.05) is 9.95 Å². The van der Waals surface area contributed by atoms with E-state index in [0.717, 1.165) is 12.2 Å². The molecule has 0 saturated heterocycles. The highest BCUT2D eigenvalue weighted by Crippen LogP contribution is 2.30. The number of amides is 1. The molecule has 4 rings (SSSR count). The third-order valence-electron chi connectivity index (χ3n) is 3.77. The number of hydrogen-bond acceptors (Lipinski definition) is 5. The second-order valence-corrected chi connectivity index (χ2v) is 6.04. The molecule has 3 aromatic rings. The van der Waals surface area contributed by atoms with Crippen molar-refractivity contribution in [3.63, 3.8) is 0 Å². The zero-order valence-electron chi connectivity index (χ0n) is 12.0. The summed E-state index contributed by atoms with van der Waals surface area (Å²) in [5.74, 6) is 1.10. The lowest BCUT2D eigenvalue weighted by Gasteiger charge is -2.23. The zero-order chi connectivity index (χ0) is 15.8. The van der Waals surface area contributed by atoms with Gasteiger partial charge in [0.1, 0.15) is 16.5 Å². The quantitative estimate of drug-likeness (QED) is 0.691. The average molecular weight is 329 g/mol. The summed E-state index contributed by atoms with van der Waals surface area (Å²) in [7, 11) is 0. The highest BCUT2D eigenvalue weighted by molar-refractivity contribution is 7.13. The average Bonchev–Trinajstić information content (AvgIpc) is 3.21. The fraction of sp³-hybridized carbons (Fsp3) is 0.200. The van der Waals surface area contributed by atoms with Gasteiger partial charge in [0.05, 0.1) is 6.54 Å². The summed E-state index contributed by atoms with van der Waals surface area (Å²) in [6, 6.07) is 6.57. The topological polar surface area (TPSA) is 63.9 Å². The monoisotopic (exact) mass is 329 g/mol. The minimum Gasteiger partial charge on any atom is -0.336 e. The molecule has 6 nitrogen and oxygen atoms in total. The molecule has 1 aromatic carbocycles. The molecule has 116 valence electrons. The van der Waals surface area contributed by atoms with Gasteiger partial charge < -0.3 is 9.47 Å². The lowest BCUT2D eigenvalue weighted by Crippen LogP contribution is -2.32. The Morgan fingerprint density at radius 3 is 2.91 bits per heavy atom. The number of carbonyl (C=O) groups is 1. The Balaban J connectivity index is 1.70. The van der Waals surface area contributed by atoms with Crippen LogP contribution in [0.2, 0.25) is 0 Å². The van der Waals surface area contributed by atoms with E-state index in [1.165, 1.54) is 17.4 Å². The molecule has 8 heteroatoms.